The van der Waals surface area contributed by atoms with E-state index in [-0.39, 0.29) is 41.5 Å². The third kappa shape index (κ3) is 5.22. The molecule has 11 heteroatoms. The van der Waals surface area contributed by atoms with Crippen LogP contribution < -0.4 is 10.6 Å². The van der Waals surface area contributed by atoms with Crippen molar-refractivity contribution in [3.63, 3.8) is 0 Å². The Labute approximate surface area is 170 Å². The number of benzene rings is 1. The maximum atomic E-state index is 12.8. The van der Waals surface area contributed by atoms with Gasteiger partial charge in [-0.2, -0.15) is 4.31 Å². The van der Waals surface area contributed by atoms with Crippen molar-refractivity contribution in [3.8, 4) is 0 Å². The SMILES string of the molecule is CC(=O)Nc1ccc(S(=O)(=O)N2CCC(C(=O)NC3C=CS(=O)(=O)C3)CC2)cc1. The number of hydrogen-bond acceptors (Lipinski definition) is 6. The van der Waals surface area contributed by atoms with Gasteiger partial charge in [0.05, 0.1) is 16.7 Å². The smallest absolute Gasteiger partial charge is 0.243 e. The average molecular weight is 442 g/mol. The molecule has 158 valence electrons. The third-order valence-corrected chi connectivity index (χ3v) is 8.20. The van der Waals surface area contributed by atoms with E-state index < -0.39 is 25.9 Å². The predicted octanol–water partition coefficient (Wildman–Crippen LogP) is 0.473. The van der Waals surface area contributed by atoms with Crippen molar-refractivity contribution in [2.75, 3.05) is 24.2 Å². The quantitative estimate of drug-likeness (QED) is 0.683. The molecule has 2 aliphatic heterocycles. The Morgan fingerprint density at radius 1 is 1.10 bits per heavy atom. The number of piperidine rings is 1. The molecule has 2 aliphatic rings. The van der Waals surface area contributed by atoms with Gasteiger partial charge in [-0.15, -0.1) is 0 Å². The molecule has 0 saturated carbocycles. The van der Waals surface area contributed by atoms with Crippen molar-refractivity contribution >= 4 is 37.4 Å². The summed E-state index contributed by atoms with van der Waals surface area (Å²) in [6.45, 7) is 1.77. The van der Waals surface area contributed by atoms with Gasteiger partial charge in [0, 0.05) is 37.0 Å². The van der Waals surface area contributed by atoms with E-state index in [1.54, 1.807) is 0 Å². The summed E-state index contributed by atoms with van der Waals surface area (Å²) in [6.07, 6.45) is 2.17. The number of carbonyl (C=O) groups is 2. The largest absolute Gasteiger partial charge is 0.349 e. The molecule has 1 fully saturated rings. The number of nitrogens with one attached hydrogen (secondary N) is 2. The van der Waals surface area contributed by atoms with Crippen molar-refractivity contribution in [2.24, 2.45) is 5.92 Å². The van der Waals surface area contributed by atoms with Gasteiger partial charge in [-0.3, -0.25) is 9.59 Å². The van der Waals surface area contributed by atoms with Crippen LogP contribution in [-0.4, -0.2) is 57.8 Å². The van der Waals surface area contributed by atoms with Crippen LogP contribution >= 0.6 is 0 Å². The highest BCUT2D eigenvalue weighted by Crippen LogP contribution is 2.25. The van der Waals surface area contributed by atoms with Gasteiger partial charge >= 0.3 is 0 Å². The van der Waals surface area contributed by atoms with Gasteiger partial charge in [0.1, 0.15) is 0 Å². The molecule has 0 radical (unpaired) electrons. The standard InChI is InChI=1S/C18H23N3O6S2/c1-13(22)19-15-2-4-17(5-3-15)29(26,27)21-9-6-14(7-10-21)18(23)20-16-8-11-28(24,25)12-16/h2-5,8,11,14,16H,6-7,9-10,12H2,1H3,(H,19,22)(H,20,23). The van der Waals surface area contributed by atoms with Crippen LogP contribution in [0.3, 0.4) is 0 Å². The van der Waals surface area contributed by atoms with Crippen molar-refractivity contribution in [1.82, 2.24) is 9.62 Å². The van der Waals surface area contributed by atoms with Crippen LogP contribution in [0.5, 0.6) is 0 Å². The molecule has 0 bridgehead atoms. The fourth-order valence-electron chi connectivity index (χ4n) is 3.39. The first-order valence-corrected chi connectivity index (χ1v) is 12.3. The minimum absolute atomic E-state index is 0.121. The first-order chi connectivity index (χ1) is 13.6. The molecular formula is C18H23N3O6S2. The Hall–Kier alpha value is -2.24. The zero-order chi connectivity index (χ0) is 21.2. The Balaban J connectivity index is 1.57. The van der Waals surface area contributed by atoms with E-state index in [1.165, 1.54) is 41.6 Å². The van der Waals surface area contributed by atoms with Crippen LogP contribution in [0.1, 0.15) is 19.8 Å². The summed E-state index contributed by atoms with van der Waals surface area (Å²) in [4.78, 5) is 23.6. The topological polar surface area (TPSA) is 130 Å². The molecule has 2 N–H and O–H groups in total. The van der Waals surface area contributed by atoms with Crippen LogP contribution in [0, 0.1) is 5.92 Å². The number of amides is 2. The van der Waals surface area contributed by atoms with E-state index in [4.69, 9.17) is 0 Å². The normalized spacial score (nSPS) is 22.3. The number of rotatable bonds is 5. The Morgan fingerprint density at radius 2 is 1.72 bits per heavy atom. The molecule has 9 nitrogen and oxygen atoms in total. The highest BCUT2D eigenvalue weighted by atomic mass is 32.2. The summed E-state index contributed by atoms with van der Waals surface area (Å²) in [7, 11) is -6.94. The molecule has 1 aromatic rings. The molecule has 3 rings (SSSR count). The number of sulfone groups is 1. The lowest BCUT2D eigenvalue weighted by atomic mass is 9.97. The molecule has 0 spiro atoms. The summed E-state index contributed by atoms with van der Waals surface area (Å²) >= 11 is 0. The zero-order valence-corrected chi connectivity index (χ0v) is 17.5. The van der Waals surface area contributed by atoms with Gasteiger partial charge in [-0.05, 0) is 43.2 Å². The lowest BCUT2D eigenvalue weighted by Gasteiger charge is -2.31. The van der Waals surface area contributed by atoms with Gasteiger partial charge in [0.2, 0.25) is 21.8 Å². The van der Waals surface area contributed by atoms with Gasteiger partial charge in [-0.1, -0.05) is 0 Å². The Morgan fingerprint density at radius 3 is 2.24 bits per heavy atom. The first-order valence-electron chi connectivity index (χ1n) is 9.16. The fourth-order valence-corrected chi connectivity index (χ4v) is 6.09. The highest BCUT2D eigenvalue weighted by Gasteiger charge is 2.33. The van der Waals surface area contributed by atoms with Crippen molar-refractivity contribution in [3.05, 3.63) is 35.7 Å². The van der Waals surface area contributed by atoms with Crippen LogP contribution in [0.25, 0.3) is 0 Å². The van der Waals surface area contributed by atoms with E-state index in [1.807, 2.05) is 0 Å². The summed E-state index contributed by atoms with van der Waals surface area (Å²) in [5.74, 6) is -0.999. The number of nitrogens with zero attached hydrogens (tertiary/aromatic N) is 1. The summed E-state index contributed by atoms with van der Waals surface area (Å²) in [6, 6.07) is 5.39. The van der Waals surface area contributed by atoms with Crippen LogP contribution in [0.15, 0.2) is 40.6 Å². The molecule has 29 heavy (non-hydrogen) atoms. The van der Waals surface area contributed by atoms with Gasteiger partial charge in [0.25, 0.3) is 0 Å². The average Bonchev–Trinajstić information content (AvgIpc) is 3.00. The monoisotopic (exact) mass is 441 g/mol. The lowest BCUT2D eigenvalue weighted by Crippen LogP contribution is -2.45. The van der Waals surface area contributed by atoms with Crippen LogP contribution in [-0.2, 0) is 29.4 Å². The minimum Gasteiger partial charge on any atom is -0.349 e. The van der Waals surface area contributed by atoms with E-state index in [9.17, 15) is 26.4 Å². The second-order valence-electron chi connectivity index (χ2n) is 7.16. The van der Waals surface area contributed by atoms with Crippen molar-refractivity contribution < 1.29 is 26.4 Å². The molecule has 0 aromatic heterocycles. The minimum atomic E-state index is -3.70. The van der Waals surface area contributed by atoms with E-state index in [2.05, 4.69) is 10.6 Å². The van der Waals surface area contributed by atoms with Crippen molar-refractivity contribution in [2.45, 2.75) is 30.7 Å². The van der Waals surface area contributed by atoms with E-state index >= 15 is 0 Å². The summed E-state index contributed by atoms with van der Waals surface area (Å²) in [5, 5.41) is 6.39. The molecule has 1 unspecified atom stereocenters. The molecule has 1 aromatic carbocycles. The molecular weight excluding hydrogens is 418 g/mol. The fraction of sp³-hybridized carbons (Fsp3) is 0.444. The lowest BCUT2D eigenvalue weighted by molar-refractivity contribution is -0.126. The summed E-state index contributed by atoms with van der Waals surface area (Å²) < 4.78 is 49.8. The molecule has 0 aliphatic carbocycles. The molecule has 1 atom stereocenters. The second-order valence-corrected chi connectivity index (χ2v) is 11.0. The number of carbonyl (C=O) groups excluding carboxylic acids is 2. The van der Waals surface area contributed by atoms with Gasteiger partial charge in [-0.25, -0.2) is 16.8 Å². The number of hydrogen-bond donors (Lipinski definition) is 2. The highest BCUT2D eigenvalue weighted by molar-refractivity contribution is 7.94. The molecule has 1 saturated heterocycles. The van der Waals surface area contributed by atoms with Crippen LogP contribution in [0.4, 0.5) is 5.69 Å². The Bertz CT molecular complexity index is 1020. The van der Waals surface area contributed by atoms with Gasteiger partial charge < -0.3 is 10.6 Å². The van der Waals surface area contributed by atoms with E-state index in [0.29, 0.717) is 18.5 Å². The summed E-state index contributed by atoms with van der Waals surface area (Å²) in [5.41, 5.74) is 0.509. The zero-order valence-electron chi connectivity index (χ0n) is 15.9. The number of sulfonamides is 1. The Kier molecular flexibility index (Phi) is 6.11. The second kappa shape index (κ2) is 8.25. The third-order valence-electron chi connectivity index (χ3n) is 4.89. The maximum absolute atomic E-state index is 12.8. The number of anilines is 1. The molecule has 2 amide bonds. The van der Waals surface area contributed by atoms with E-state index in [0.717, 1.165) is 5.41 Å². The first kappa shape index (κ1) is 21.5. The molecule has 2 heterocycles. The predicted molar refractivity (Wildman–Crippen MR) is 107 cm³/mol. The van der Waals surface area contributed by atoms with Gasteiger partial charge in [0.15, 0.2) is 9.84 Å². The van der Waals surface area contributed by atoms with Crippen molar-refractivity contribution in [1.29, 1.82) is 0 Å². The maximum Gasteiger partial charge on any atom is 0.243 e. The van der Waals surface area contributed by atoms with Crippen LogP contribution in [0.2, 0.25) is 0 Å².